The van der Waals surface area contributed by atoms with Gasteiger partial charge in [-0.05, 0) is 41.4 Å². The standard InChI is InChI=1S/C23H20N2O3/c26-23(24-20-11-5-6-12-21(20)25(27)28)19-13-18-14-7-1-3-9-16(14)22(19)17-10-4-2-8-15(17)18/h1-12,14,16,18-19,22H,13H2,(H,24,26). The second-order valence-electron chi connectivity index (χ2n) is 7.79. The first kappa shape index (κ1) is 16.9. The van der Waals surface area contributed by atoms with Gasteiger partial charge < -0.3 is 5.32 Å². The third kappa shape index (κ3) is 2.50. The van der Waals surface area contributed by atoms with E-state index < -0.39 is 4.92 Å². The molecule has 5 heteroatoms. The first-order chi connectivity index (χ1) is 13.6. The molecular formula is C23H20N2O3. The molecule has 4 aliphatic rings. The minimum Gasteiger partial charge on any atom is -0.320 e. The molecule has 1 amide bonds. The molecule has 2 bridgehead atoms. The van der Waals surface area contributed by atoms with Gasteiger partial charge in [-0.1, -0.05) is 60.7 Å². The van der Waals surface area contributed by atoms with E-state index in [2.05, 4.69) is 47.8 Å². The van der Waals surface area contributed by atoms with Crippen LogP contribution in [0.1, 0.15) is 29.4 Å². The zero-order valence-corrected chi connectivity index (χ0v) is 15.2. The molecule has 0 saturated heterocycles. The summed E-state index contributed by atoms with van der Waals surface area (Å²) in [6, 6.07) is 14.8. The summed E-state index contributed by atoms with van der Waals surface area (Å²) in [5.41, 5.74) is 2.80. The molecule has 1 saturated carbocycles. The highest BCUT2D eigenvalue weighted by Crippen LogP contribution is 2.59. The third-order valence-electron chi connectivity index (χ3n) is 6.49. The fourth-order valence-corrected chi connectivity index (χ4v) is 5.39. The Labute approximate surface area is 162 Å². The lowest BCUT2D eigenvalue weighted by molar-refractivity contribution is -0.383. The monoisotopic (exact) mass is 372 g/mol. The maximum Gasteiger partial charge on any atom is 0.292 e. The molecule has 1 N–H and O–H groups in total. The lowest BCUT2D eigenvalue weighted by atomic mass is 9.51. The Bertz CT molecular complexity index is 1030. The van der Waals surface area contributed by atoms with E-state index in [9.17, 15) is 14.9 Å². The molecule has 5 atom stereocenters. The van der Waals surface area contributed by atoms with Crippen LogP contribution in [0.15, 0.2) is 72.8 Å². The molecule has 140 valence electrons. The minimum absolute atomic E-state index is 0.0735. The van der Waals surface area contributed by atoms with Gasteiger partial charge in [-0.3, -0.25) is 14.9 Å². The summed E-state index contributed by atoms with van der Waals surface area (Å²) in [6.07, 6.45) is 9.44. The maximum absolute atomic E-state index is 13.2. The van der Waals surface area contributed by atoms with Crippen molar-refractivity contribution in [2.75, 3.05) is 5.32 Å². The van der Waals surface area contributed by atoms with Crippen molar-refractivity contribution in [2.45, 2.75) is 18.3 Å². The number of para-hydroxylation sites is 2. The molecule has 0 aromatic heterocycles. The highest BCUT2D eigenvalue weighted by Gasteiger charge is 2.52. The number of nitrogens with zero attached hydrogens (tertiary/aromatic N) is 1. The zero-order chi connectivity index (χ0) is 19.3. The normalized spacial score (nSPS) is 29.1. The summed E-state index contributed by atoms with van der Waals surface area (Å²) in [4.78, 5) is 24.1. The van der Waals surface area contributed by atoms with Gasteiger partial charge in [0.05, 0.1) is 4.92 Å². The van der Waals surface area contributed by atoms with Gasteiger partial charge in [-0.25, -0.2) is 0 Å². The van der Waals surface area contributed by atoms with Crippen molar-refractivity contribution in [1.82, 2.24) is 0 Å². The number of amides is 1. The van der Waals surface area contributed by atoms with Gasteiger partial charge in [0, 0.05) is 17.9 Å². The van der Waals surface area contributed by atoms with E-state index in [4.69, 9.17) is 0 Å². The number of anilines is 1. The topological polar surface area (TPSA) is 72.2 Å². The van der Waals surface area contributed by atoms with Crippen LogP contribution in [0.2, 0.25) is 0 Å². The number of nitrogens with one attached hydrogen (secondary N) is 1. The molecule has 28 heavy (non-hydrogen) atoms. The molecule has 1 fully saturated rings. The number of rotatable bonds is 3. The van der Waals surface area contributed by atoms with Crippen LogP contribution in [0, 0.1) is 27.9 Å². The van der Waals surface area contributed by atoms with Crippen molar-refractivity contribution in [1.29, 1.82) is 0 Å². The lowest BCUT2D eigenvalue weighted by Crippen LogP contribution is -2.46. The Balaban J connectivity index is 1.51. The highest BCUT2D eigenvalue weighted by atomic mass is 16.6. The first-order valence-corrected chi connectivity index (χ1v) is 9.63. The van der Waals surface area contributed by atoms with E-state index >= 15 is 0 Å². The number of benzene rings is 2. The van der Waals surface area contributed by atoms with E-state index in [1.807, 2.05) is 6.07 Å². The molecular weight excluding hydrogens is 352 g/mol. The second-order valence-corrected chi connectivity index (χ2v) is 7.79. The molecule has 0 heterocycles. The Morgan fingerprint density at radius 3 is 2.43 bits per heavy atom. The summed E-state index contributed by atoms with van der Waals surface area (Å²) in [5.74, 6) is 0.779. The van der Waals surface area contributed by atoms with Crippen LogP contribution in [-0.2, 0) is 4.79 Å². The van der Waals surface area contributed by atoms with Crippen LogP contribution in [-0.4, -0.2) is 10.8 Å². The second kappa shape index (κ2) is 6.44. The zero-order valence-electron chi connectivity index (χ0n) is 15.2. The Morgan fingerprint density at radius 1 is 0.964 bits per heavy atom. The van der Waals surface area contributed by atoms with Crippen molar-refractivity contribution in [2.24, 2.45) is 17.8 Å². The summed E-state index contributed by atoms with van der Waals surface area (Å²) in [5, 5.41) is 14.1. The average Bonchev–Trinajstić information content (AvgIpc) is 2.74. The van der Waals surface area contributed by atoms with Crippen molar-refractivity contribution in [3.05, 3.63) is 94.1 Å². The predicted octanol–water partition coefficient (Wildman–Crippen LogP) is 4.79. The van der Waals surface area contributed by atoms with E-state index in [0.29, 0.717) is 17.8 Å². The van der Waals surface area contributed by atoms with Crippen LogP contribution in [0.5, 0.6) is 0 Å². The van der Waals surface area contributed by atoms with E-state index in [0.717, 1.165) is 6.42 Å². The molecule has 6 rings (SSSR count). The number of hydrogen-bond donors (Lipinski definition) is 1. The molecule has 0 spiro atoms. The van der Waals surface area contributed by atoms with Gasteiger partial charge >= 0.3 is 0 Å². The number of hydrogen-bond acceptors (Lipinski definition) is 3. The summed E-state index contributed by atoms with van der Waals surface area (Å²) < 4.78 is 0. The lowest BCUT2D eigenvalue weighted by Gasteiger charge is -2.52. The molecule has 2 aromatic rings. The number of nitro benzene ring substituents is 1. The molecule has 5 unspecified atom stereocenters. The van der Waals surface area contributed by atoms with E-state index in [1.165, 1.54) is 17.2 Å². The molecule has 0 radical (unpaired) electrons. The summed E-state index contributed by atoms with van der Waals surface area (Å²) in [6.45, 7) is 0. The van der Waals surface area contributed by atoms with Crippen LogP contribution in [0.25, 0.3) is 0 Å². The predicted molar refractivity (Wildman–Crippen MR) is 107 cm³/mol. The van der Waals surface area contributed by atoms with Gasteiger partial charge in [0.1, 0.15) is 5.69 Å². The molecule has 4 aliphatic carbocycles. The SMILES string of the molecule is O=C(Nc1ccccc1[N+](=O)[O-])C1CC2c3ccccc3C1C1C=CC=CC21. The fraction of sp³-hybridized carbons (Fsp3) is 0.261. The maximum atomic E-state index is 13.2. The minimum atomic E-state index is -0.456. The number of carbonyl (C=O) groups excluding carboxylic acids is 1. The fourth-order valence-electron chi connectivity index (χ4n) is 5.39. The first-order valence-electron chi connectivity index (χ1n) is 9.63. The highest BCUT2D eigenvalue weighted by molar-refractivity contribution is 5.95. The van der Waals surface area contributed by atoms with Gasteiger partial charge in [0.2, 0.25) is 5.91 Å². The largest absolute Gasteiger partial charge is 0.320 e. The van der Waals surface area contributed by atoms with Crippen LogP contribution in [0.3, 0.4) is 0 Å². The van der Waals surface area contributed by atoms with Crippen LogP contribution >= 0.6 is 0 Å². The van der Waals surface area contributed by atoms with Crippen LogP contribution < -0.4 is 5.32 Å². The summed E-state index contributed by atoms with van der Waals surface area (Å²) >= 11 is 0. The number of carbonyl (C=O) groups is 1. The quantitative estimate of drug-likeness (QED) is 0.622. The molecule has 2 aromatic carbocycles. The summed E-state index contributed by atoms with van der Waals surface area (Å²) in [7, 11) is 0. The van der Waals surface area contributed by atoms with Gasteiger partial charge in [-0.15, -0.1) is 0 Å². The van der Waals surface area contributed by atoms with Crippen molar-refractivity contribution < 1.29 is 9.72 Å². The van der Waals surface area contributed by atoms with E-state index in [-0.39, 0.29) is 29.1 Å². The number of nitro groups is 1. The van der Waals surface area contributed by atoms with Gasteiger partial charge in [-0.2, -0.15) is 0 Å². The average molecular weight is 372 g/mol. The Hall–Kier alpha value is -3.21. The Kier molecular flexibility index (Phi) is 3.90. The smallest absolute Gasteiger partial charge is 0.292 e. The van der Waals surface area contributed by atoms with Crippen molar-refractivity contribution >= 4 is 17.3 Å². The molecule has 5 nitrogen and oxygen atoms in total. The van der Waals surface area contributed by atoms with Crippen molar-refractivity contribution in [3.63, 3.8) is 0 Å². The van der Waals surface area contributed by atoms with Gasteiger partial charge in [0.25, 0.3) is 5.69 Å². The Morgan fingerprint density at radius 2 is 1.64 bits per heavy atom. The number of fused-ring (bicyclic) bond motifs is 1. The third-order valence-corrected chi connectivity index (χ3v) is 6.49. The van der Waals surface area contributed by atoms with Gasteiger partial charge in [0.15, 0.2) is 0 Å². The van der Waals surface area contributed by atoms with E-state index in [1.54, 1.807) is 18.2 Å². The number of allylic oxidation sites excluding steroid dienone is 4. The van der Waals surface area contributed by atoms with Crippen LogP contribution in [0.4, 0.5) is 11.4 Å². The molecule has 0 aliphatic heterocycles. The van der Waals surface area contributed by atoms with Crippen molar-refractivity contribution in [3.8, 4) is 0 Å².